The van der Waals surface area contributed by atoms with Gasteiger partial charge in [0.25, 0.3) is 11.1 Å². The summed E-state index contributed by atoms with van der Waals surface area (Å²) in [6.45, 7) is 4.03. The van der Waals surface area contributed by atoms with Crippen molar-refractivity contribution in [3.8, 4) is 0 Å². The Bertz CT molecular complexity index is 427. The maximum Gasteiger partial charge on any atom is 0.326 e. The van der Waals surface area contributed by atoms with E-state index in [0.29, 0.717) is 18.8 Å². The van der Waals surface area contributed by atoms with Crippen LogP contribution in [0.5, 0.6) is 0 Å². The van der Waals surface area contributed by atoms with Crippen LogP contribution >= 0.6 is 11.8 Å². The molecule has 1 aliphatic rings. The summed E-state index contributed by atoms with van der Waals surface area (Å²) in [7, 11) is 0. The number of rotatable bonds is 6. The maximum absolute atomic E-state index is 11.4. The molecule has 1 fully saturated rings. The summed E-state index contributed by atoms with van der Waals surface area (Å²) < 4.78 is 4.71. The van der Waals surface area contributed by atoms with Gasteiger partial charge in [0, 0.05) is 18.8 Å². The first-order valence-corrected chi connectivity index (χ1v) is 7.52. The van der Waals surface area contributed by atoms with Crippen molar-refractivity contribution in [3.05, 3.63) is 0 Å². The van der Waals surface area contributed by atoms with Crippen molar-refractivity contribution in [1.82, 2.24) is 15.5 Å². The molecule has 0 bridgehead atoms. The Morgan fingerprint density at radius 3 is 2.67 bits per heavy atom. The van der Waals surface area contributed by atoms with Gasteiger partial charge < -0.3 is 15.0 Å². The first-order valence-electron chi connectivity index (χ1n) is 6.53. The summed E-state index contributed by atoms with van der Waals surface area (Å²) in [5, 5.41) is 4.36. The van der Waals surface area contributed by atoms with Crippen LogP contribution in [0.4, 0.5) is 9.59 Å². The molecule has 1 heterocycles. The molecule has 8 nitrogen and oxygen atoms in total. The number of ether oxygens (including phenoxy) is 1. The molecule has 0 saturated carbocycles. The van der Waals surface area contributed by atoms with Gasteiger partial charge in [-0.1, -0.05) is 25.6 Å². The van der Waals surface area contributed by atoms with Gasteiger partial charge in [-0.25, -0.2) is 4.79 Å². The fraction of sp³-hybridized carbons (Fsp3) is 0.667. The number of carbonyl (C=O) groups is 4. The predicted octanol–water partition coefficient (Wildman–Crippen LogP) is 0.180. The SMILES string of the molecule is CC(C)CNC(=O)NC(=O)COC(=O)CN1CCSC1=O. The third kappa shape index (κ3) is 6.98. The number of amides is 4. The van der Waals surface area contributed by atoms with Crippen molar-refractivity contribution >= 4 is 34.9 Å². The zero-order chi connectivity index (χ0) is 15.8. The average molecular weight is 317 g/mol. The number of urea groups is 1. The maximum atomic E-state index is 11.4. The Hall–Kier alpha value is -1.77. The van der Waals surface area contributed by atoms with Gasteiger partial charge in [0.2, 0.25) is 0 Å². The minimum absolute atomic E-state index is 0.176. The minimum atomic E-state index is -0.716. The summed E-state index contributed by atoms with van der Waals surface area (Å²) in [5.74, 6) is -0.488. The van der Waals surface area contributed by atoms with Crippen LogP contribution in [0.25, 0.3) is 0 Å². The minimum Gasteiger partial charge on any atom is -0.454 e. The van der Waals surface area contributed by atoms with Crippen LogP contribution in [-0.2, 0) is 14.3 Å². The molecule has 1 aliphatic heterocycles. The molecule has 0 unspecified atom stereocenters. The van der Waals surface area contributed by atoms with Crippen LogP contribution in [0.1, 0.15) is 13.8 Å². The second-order valence-corrected chi connectivity index (χ2v) is 5.89. The zero-order valence-electron chi connectivity index (χ0n) is 12.0. The highest BCUT2D eigenvalue weighted by Gasteiger charge is 2.24. The number of hydrogen-bond acceptors (Lipinski definition) is 6. The van der Waals surface area contributed by atoms with Gasteiger partial charge >= 0.3 is 12.0 Å². The third-order valence-electron chi connectivity index (χ3n) is 2.45. The molecule has 0 aliphatic carbocycles. The molecule has 0 atom stereocenters. The van der Waals surface area contributed by atoms with Gasteiger partial charge in [0.05, 0.1) is 0 Å². The number of imide groups is 1. The Morgan fingerprint density at radius 2 is 2.10 bits per heavy atom. The lowest BCUT2D eigenvalue weighted by Crippen LogP contribution is -2.43. The molecule has 118 valence electrons. The van der Waals surface area contributed by atoms with E-state index in [1.807, 2.05) is 19.2 Å². The second kappa shape index (κ2) is 8.50. The molecular weight excluding hydrogens is 298 g/mol. The lowest BCUT2D eigenvalue weighted by atomic mass is 10.2. The lowest BCUT2D eigenvalue weighted by Gasteiger charge is -2.13. The smallest absolute Gasteiger partial charge is 0.326 e. The predicted molar refractivity (Wildman–Crippen MR) is 76.8 cm³/mol. The fourth-order valence-electron chi connectivity index (χ4n) is 1.42. The van der Waals surface area contributed by atoms with Gasteiger partial charge in [-0.2, -0.15) is 0 Å². The normalized spacial score (nSPS) is 14.2. The Kier molecular flexibility index (Phi) is 7.00. The van der Waals surface area contributed by atoms with Gasteiger partial charge in [-0.05, 0) is 5.92 Å². The number of nitrogens with one attached hydrogen (secondary N) is 2. The highest BCUT2D eigenvalue weighted by atomic mass is 32.2. The van der Waals surface area contributed by atoms with Crippen LogP contribution < -0.4 is 10.6 Å². The molecule has 0 aromatic heterocycles. The summed E-state index contributed by atoms with van der Waals surface area (Å²) in [6, 6.07) is -0.629. The Balaban J connectivity index is 2.18. The number of esters is 1. The fourth-order valence-corrected chi connectivity index (χ4v) is 2.25. The molecule has 4 amide bonds. The van der Waals surface area contributed by atoms with Gasteiger partial charge in [0.1, 0.15) is 6.54 Å². The van der Waals surface area contributed by atoms with Crippen molar-refractivity contribution in [2.24, 2.45) is 5.92 Å². The van der Waals surface area contributed by atoms with E-state index < -0.39 is 24.5 Å². The van der Waals surface area contributed by atoms with Gasteiger partial charge in [-0.3, -0.25) is 19.7 Å². The molecule has 0 aromatic carbocycles. The van der Waals surface area contributed by atoms with Crippen LogP contribution in [0, 0.1) is 5.92 Å². The molecule has 21 heavy (non-hydrogen) atoms. The lowest BCUT2D eigenvalue weighted by molar-refractivity contribution is -0.148. The van der Waals surface area contributed by atoms with Crippen molar-refractivity contribution in [1.29, 1.82) is 0 Å². The van der Waals surface area contributed by atoms with E-state index in [2.05, 4.69) is 5.32 Å². The summed E-state index contributed by atoms with van der Waals surface area (Å²) in [4.78, 5) is 46.7. The Labute approximate surface area is 126 Å². The third-order valence-corrected chi connectivity index (χ3v) is 3.34. The number of hydrogen-bond donors (Lipinski definition) is 2. The van der Waals surface area contributed by atoms with E-state index in [9.17, 15) is 19.2 Å². The van der Waals surface area contributed by atoms with Crippen LogP contribution in [-0.4, -0.2) is 60.0 Å². The first kappa shape index (κ1) is 17.3. The topological polar surface area (TPSA) is 105 Å². The second-order valence-electron chi connectivity index (χ2n) is 4.85. The molecule has 1 saturated heterocycles. The van der Waals surface area contributed by atoms with Gasteiger partial charge in [-0.15, -0.1) is 0 Å². The molecular formula is C12H19N3O5S. The highest BCUT2D eigenvalue weighted by Crippen LogP contribution is 2.16. The highest BCUT2D eigenvalue weighted by molar-refractivity contribution is 8.13. The largest absolute Gasteiger partial charge is 0.454 e. The van der Waals surface area contributed by atoms with E-state index in [-0.39, 0.29) is 17.7 Å². The molecule has 2 N–H and O–H groups in total. The monoisotopic (exact) mass is 317 g/mol. The van der Waals surface area contributed by atoms with Crippen LogP contribution in [0.3, 0.4) is 0 Å². The Morgan fingerprint density at radius 1 is 1.38 bits per heavy atom. The number of thioether (sulfide) groups is 1. The summed E-state index contributed by atoms with van der Waals surface area (Å²) in [6.07, 6.45) is 0. The first-order chi connectivity index (χ1) is 9.88. The quantitative estimate of drug-likeness (QED) is 0.677. The van der Waals surface area contributed by atoms with E-state index >= 15 is 0 Å². The van der Waals surface area contributed by atoms with E-state index in [1.165, 1.54) is 4.90 Å². The standard InChI is InChI=1S/C12H19N3O5S/c1-8(2)5-13-11(18)14-9(16)7-20-10(17)6-15-3-4-21-12(15)19/h8H,3-7H2,1-2H3,(H2,13,14,16,18). The van der Waals surface area contributed by atoms with Crippen molar-refractivity contribution in [3.63, 3.8) is 0 Å². The number of carbonyl (C=O) groups excluding carboxylic acids is 4. The van der Waals surface area contributed by atoms with Gasteiger partial charge in [0.15, 0.2) is 6.61 Å². The molecule has 0 aromatic rings. The summed E-state index contributed by atoms with van der Waals surface area (Å²) >= 11 is 1.13. The van der Waals surface area contributed by atoms with E-state index in [0.717, 1.165) is 11.8 Å². The van der Waals surface area contributed by atoms with E-state index in [1.54, 1.807) is 0 Å². The number of nitrogens with zero attached hydrogens (tertiary/aromatic N) is 1. The van der Waals surface area contributed by atoms with Crippen molar-refractivity contribution < 1.29 is 23.9 Å². The summed E-state index contributed by atoms with van der Waals surface area (Å²) in [5.41, 5.74) is 0. The van der Waals surface area contributed by atoms with E-state index in [4.69, 9.17) is 4.74 Å². The van der Waals surface area contributed by atoms with Crippen molar-refractivity contribution in [2.45, 2.75) is 13.8 Å². The van der Waals surface area contributed by atoms with Crippen molar-refractivity contribution in [2.75, 3.05) is 32.0 Å². The molecule has 9 heteroatoms. The zero-order valence-corrected chi connectivity index (χ0v) is 12.8. The average Bonchev–Trinajstić information content (AvgIpc) is 2.79. The molecule has 1 rings (SSSR count). The van der Waals surface area contributed by atoms with Crippen LogP contribution in [0.2, 0.25) is 0 Å². The molecule has 0 spiro atoms. The van der Waals surface area contributed by atoms with Crippen LogP contribution in [0.15, 0.2) is 0 Å². The molecule has 0 radical (unpaired) electrons.